The molecule has 0 aliphatic carbocycles. The molecule has 2 aromatic carbocycles. The summed E-state index contributed by atoms with van der Waals surface area (Å²) in [5.74, 6) is 0.480. The van der Waals surface area contributed by atoms with Crippen LogP contribution in [0.4, 0.5) is 21.6 Å². The lowest BCUT2D eigenvalue weighted by atomic mass is 10.2. The van der Waals surface area contributed by atoms with E-state index in [1.807, 2.05) is 38.1 Å². The number of hydrogen-bond donors (Lipinski definition) is 2. The third kappa shape index (κ3) is 4.82. The molecule has 0 saturated carbocycles. The van der Waals surface area contributed by atoms with Crippen LogP contribution in [0.2, 0.25) is 0 Å². The molecule has 0 bridgehead atoms. The highest BCUT2D eigenvalue weighted by molar-refractivity contribution is 6.03. The van der Waals surface area contributed by atoms with E-state index in [0.29, 0.717) is 17.4 Å². The van der Waals surface area contributed by atoms with Crippen LogP contribution >= 0.6 is 0 Å². The molecule has 28 heavy (non-hydrogen) atoms. The Labute approximate surface area is 162 Å². The summed E-state index contributed by atoms with van der Waals surface area (Å²) in [6.45, 7) is 5.56. The molecule has 1 amide bonds. The van der Waals surface area contributed by atoms with Gasteiger partial charge in [-0.2, -0.15) is 0 Å². The third-order valence-electron chi connectivity index (χ3n) is 3.71. The molecule has 0 spiro atoms. The molecule has 7 heteroatoms. The average Bonchev–Trinajstić information content (AvgIpc) is 2.64. The molecule has 0 radical (unpaired) electrons. The van der Waals surface area contributed by atoms with Crippen molar-refractivity contribution in [2.45, 2.75) is 26.9 Å². The summed E-state index contributed by atoms with van der Waals surface area (Å²) in [5, 5.41) is 5.68. The highest BCUT2D eigenvalue weighted by Crippen LogP contribution is 2.28. The maximum Gasteiger partial charge on any atom is 0.274 e. The van der Waals surface area contributed by atoms with Crippen molar-refractivity contribution in [2.24, 2.45) is 0 Å². The van der Waals surface area contributed by atoms with E-state index in [1.165, 1.54) is 18.2 Å². The van der Waals surface area contributed by atoms with Crippen molar-refractivity contribution in [2.75, 3.05) is 10.6 Å². The molecule has 0 aliphatic rings. The summed E-state index contributed by atoms with van der Waals surface area (Å²) in [6, 6.07) is 14.9. The predicted octanol–water partition coefficient (Wildman–Crippen LogP) is 4.71. The molecular weight excluding hydrogens is 359 g/mol. The van der Waals surface area contributed by atoms with E-state index in [0.717, 1.165) is 5.69 Å². The van der Waals surface area contributed by atoms with Crippen LogP contribution in [0.5, 0.6) is 5.75 Å². The lowest BCUT2D eigenvalue weighted by molar-refractivity contribution is 0.102. The maximum absolute atomic E-state index is 13.8. The molecule has 2 N–H and O–H groups in total. The van der Waals surface area contributed by atoms with E-state index in [9.17, 15) is 9.18 Å². The van der Waals surface area contributed by atoms with E-state index < -0.39 is 11.7 Å². The number of anilines is 3. The number of ether oxygens (including phenoxy) is 1. The normalized spacial score (nSPS) is 10.6. The summed E-state index contributed by atoms with van der Waals surface area (Å²) in [6.07, 6.45) is 0.0113. The minimum Gasteiger partial charge on any atom is -0.489 e. The number of carbonyl (C=O) groups is 1. The Balaban J connectivity index is 1.84. The summed E-state index contributed by atoms with van der Waals surface area (Å²) >= 11 is 0. The second-order valence-corrected chi connectivity index (χ2v) is 6.41. The number of halogens is 1. The number of para-hydroxylation sites is 3. The molecule has 0 unspecified atom stereocenters. The highest BCUT2D eigenvalue weighted by atomic mass is 19.1. The molecule has 3 rings (SSSR count). The Morgan fingerprint density at radius 3 is 2.43 bits per heavy atom. The number of aryl methyl sites for hydroxylation is 1. The molecule has 0 fully saturated rings. The second kappa shape index (κ2) is 8.47. The van der Waals surface area contributed by atoms with Crippen LogP contribution < -0.4 is 15.4 Å². The molecule has 144 valence electrons. The molecule has 0 aliphatic heterocycles. The van der Waals surface area contributed by atoms with Gasteiger partial charge >= 0.3 is 0 Å². The zero-order valence-electron chi connectivity index (χ0n) is 15.9. The number of nitrogens with one attached hydrogen (secondary N) is 2. The fourth-order valence-corrected chi connectivity index (χ4v) is 2.56. The van der Waals surface area contributed by atoms with Gasteiger partial charge in [-0.25, -0.2) is 14.4 Å². The first-order chi connectivity index (χ1) is 13.4. The van der Waals surface area contributed by atoms with Gasteiger partial charge in [0.05, 0.1) is 17.5 Å². The number of nitrogens with zero attached hydrogens (tertiary/aromatic N) is 2. The van der Waals surface area contributed by atoms with E-state index in [-0.39, 0.29) is 17.5 Å². The lowest BCUT2D eigenvalue weighted by Gasteiger charge is -2.15. The van der Waals surface area contributed by atoms with Crippen molar-refractivity contribution >= 4 is 23.1 Å². The topological polar surface area (TPSA) is 76.1 Å². The van der Waals surface area contributed by atoms with Gasteiger partial charge in [0.2, 0.25) is 0 Å². The van der Waals surface area contributed by atoms with Crippen molar-refractivity contribution in [3.05, 3.63) is 71.9 Å². The number of rotatable bonds is 6. The highest BCUT2D eigenvalue weighted by Gasteiger charge is 2.14. The first-order valence-electron chi connectivity index (χ1n) is 8.86. The molecule has 1 aromatic heterocycles. The van der Waals surface area contributed by atoms with Crippen molar-refractivity contribution < 1.29 is 13.9 Å². The smallest absolute Gasteiger partial charge is 0.274 e. The largest absolute Gasteiger partial charge is 0.489 e. The molecular formula is C21H21FN4O2. The van der Waals surface area contributed by atoms with Crippen LogP contribution in [-0.2, 0) is 0 Å². The van der Waals surface area contributed by atoms with Gasteiger partial charge in [-0.05, 0) is 45.0 Å². The number of aromatic nitrogens is 2. The van der Waals surface area contributed by atoms with Gasteiger partial charge < -0.3 is 15.4 Å². The van der Waals surface area contributed by atoms with Gasteiger partial charge in [0, 0.05) is 6.07 Å². The van der Waals surface area contributed by atoms with Crippen LogP contribution in [0.1, 0.15) is 30.2 Å². The van der Waals surface area contributed by atoms with Gasteiger partial charge in [0.15, 0.2) is 0 Å². The van der Waals surface area contributed by atoms with Gasteiger partial charge in [-0.3, -0.25) is 4.79 Å². The third-order valence-corrected chi connectivity index (χ3v) is 3.71. The zero-order chi connectivity index (χ0) is 20.1. The van der Waals surface area contributed by atoms with Crippen molar-refractivity contribution in [3.63, 3.8) is 0 Å². The number of amides is 1. The standard InChI is InChI=1S/C21H21FN4O2/c1-13(2)28-19-11-7-6-10-17(19)25-20-12-18(23-14(3)24-20)21(27)26-16-9-5-4-8-15(16)22/h4-13H,1-3H3,(H,26,27)(H,23,24,25). The minimum atomic E-state index is -0.523. The first-order valence-corrected chi connectivity index (χ1v) is 8.86. The zero-order valence-corrected chi connectivity index (χ0v) is 15.9. The maximum atomic E-state index is 13.8. The molecule has 0 saturated heterocycles. The average molecular weight is 380 g/mol. The predicted molar refractivity (Wildman–Crippen MR) is 107 cm³/mol. The van der Waals surface area contributed by atoms with Gasteiger partial charge in [0.25, 0.3) is 5.91 Å². The number of carbonyl (C=O) groups excluding carboxylic acids is 1. The minimum absolute atomic E-state index is 0.0113. The van der Waals surface area contributed by atoms with Crippen LogP contribution in [0, 0.1) is 12.7 Å². The molecule has 1 heterocycles. The van der Waals surface area contributed by atoms with Crippen molar-refractivity contribution in [1.29, 1.82) is 0 Å². The van der Waals surface area contributed by atoms with Crippen LogP contribution in [0.25, 0.3) is 0 Å². The summed E-state index contributed by atoms with van der Waals surface area (Å²) < 4.78 is 19.6. The Morgan fingerprint density at radius 1 is 1.04 bits per heavy atom. The van der Waals surface area contributed by atoms with Crippen LogP contribution in [-0.4, -0.2) is 22.0 Å². The Bertz CT molecular complexity index is 992. The summed E-state index contributed by atoms with van der Waals surface area (Å²) in [4.78, 5) is 21.0. The molecule has 3 aromatic rings. The van der Waals surface area contributed by atoms with Gasteiger partial charge in [0.1, 0.15) is 28.9 Å². The van der Waals surface area contributed by atoms with Crippen LogP contribution in [0.3, 0.4) is 0 Å². The van der Waals surface area contributed by atoms with E-state index in [4.69, 9.17) is 4.74 Å². The van der Waals surface area contributed by atoms with E-state index in [1.54, 1.807) is 19.1 Å². The second-order valence-electron chi connectivity index (χ2n) is 6.41. The van der Waals surface area contributed by atoms with Crippen LogP contribution in [0.15, 0.2) is 54.6 Å². The number of benzene rings is 2. The van der Waals surface area contributed by atoms with Gasteiger partial charge in [-0.1, -0.05) is 24.3 Å². The fraction of sp³-hybridized carbons (Fsp3) is 0.190. The summed E-state index contributed by atoms with van der Waals surface area (Å²) in [7, 11) is 0. The van der Waals surface area contributed by atoms with E-state index >= 15 is 0 Å². The summed E-state index contributed by atoms with van der Waals surface area (Å²) in [5.41, 5.74) is 0.934. The molecule has 6 nitrogen and oxygen atoms in total. The van der Waals surface area contributed by atoms with Crippen molar-refractivity contribution in [1.82, 2.24) is 9.97 Å². The SMILES string of the molecule is Cc1nc(Nc2ccccc2OC(C)C)cc(C(=O)Nc2ccccc2F)n1. The first kappa shape index (κ1) is 19.3. The lowest BCUT2D eigenvalue weighted by Crippen LogP contribution is -2.16. The Morgan fingerprint density at radius 2 is 1.71 bits per heavy atom. The van der Waals surface area contributed by atoms with E-state index in [2.05, 4.69) is 20.6 Å². The Hall–Kier alpha value is -3.48. The molecule has 0 atom stereocenters. The van der Waals surface area contributed by atoms with Gasteiger partial charge in [-0.15, -0.1) is 0 Å². The van der Waals surface area contributed by atoms with Crippen molar-refractivity contribution in [3.8, 4) is 5.75 Å². The monoisotopic (exact) mass is 380 g/mol. The quantitative estimate of drug-likeness (QED) is 0.648. The fourth-order valence-electron chi connectivity index (χ4n) is 2.56. The Kier molecular flexibility index (Phi) is 5.84. The number of hydrogen-bond acceptors (Lipinski definition) is 5.